The molecular formula is C12H18N2. The van der Waals surface area contributed by atoms with Crippen molar-refractivity contribution in [1.82, 2.24) is 4.90 Å². The first-order valence-corrected chi connectivity index (χ1v) is 5.22. The quantitative estimate of drug-likeness (QED) is 0.740. The maximum atomic E-state index is 5.93. The number of anilines is 1. The fourth-order valence-electron chi connectivity index (χ4n) is 1.78. The van der Waals surface area contributed by atoms with E-state index in [-0.39, 0.29) is 0 Å². The molecular weight excluding hydrogens is 172 g/mol. The first kappa shape index (κ1) is 9.53. The Morgan fingerprint density at radius 3 is 2.79 bits per heavy atom. The van der Waals surface area contributed by atoms with Crippen LogP contribution in [0.3, 0.4) is 0 Å². The number of benzene rings is 1. The molecule has 0 amide bonds. The van der Waals surface area contributed by atoms with Gasteiger partial charge in [-0.25, -0.2) is 0 Å². The Balaban J connectivity index is 2.10. The fourth-order valence-corrected chi connectivity index (χ4v) is 1.78. The van der Waals surface area contributed by atoms with Gasteiger partial charge < -0.3 is 5.73 Å². The molecule has 0 aliphatic heterocycles. The van der Waals surface area contributed by atoms with E-state index in [0.717, 1.165) is 18.3 Å². The van der Waals surface area contributed by atoms with E-state index in [4.69, 9.17) is 5.73 Å². The van der Waals surface area contributed by atoms with Gasteiger partial charge in [0.25, 0.3) is 0 Å². The van der Waals surface area contributed by atoms with E-state index in [9.17, 15) is 0 Å². The molecule has 0 bridgehead atoms. The minimum atomic E-state index is 0.801. The van der Waals surface area contributed by atoms with Crippen LogP contribution in [0.15, 0.2) is 18.2 Å². The summed E-state index contributed by atoms with van der Waals surface area (Å²) in [7, 11) is 2.18. The van der Waals surface area contributed by atoms with Crippen molar-refractivity contribution in [3.63, 3.8) is 0 Å². The second kappa shape index (κ2) is 3.62. The van der Waals surface area contributed by atoms with Crippen molar-refractivity contribution in [2.24, 2.45) is 0 Å². The van der Waals surface area contributed by atoms with Crippen molar-refractivity contribution in [3.8, 4) is 0 Å². The van der Waals surface area contributed by atoms with Crippen LogP contribution in [-0.2, 0) is 6.54 Å². The largest absolute Gasteiger partial charge is 0.398 e. The summed E-state index contributed by atoms with van der Waals surface area (Å²) in [5.74, 6) is 0. The number of rotatable bonds is 3. The van der Waals surface area contributed by atoms with Crippen molar-refractivity contribution in [3.05, 3.63) is 29.3 Å². The van der Waals surface area contributed by atoms with Crippen molar-refractivity contribution in [2.45, 2.75) is 32.4 Å². The fraction of sp³-hybridized carbons (Fsp3) is 0.500. The topological polar surface area (TPSA) is 29.3 Å². The third-order valence-corrected chi connectivity index (χ3v) is 2.89. The second-order valence-corrected chi connectivity index (χ2v) is 4.35. The summed E-state index contributed by atoms with van der Waals surface area (Å²) < 4.78 is 0. The Bertz CT molecular complexity index is 329. The standard InChI is InChI=1S/C12H18N2/c1-9-3-6-12(13)10(7-9)8-14(2)11-4-5-11/h3,6-7,11H,4-5,8,13H2,1-2H3. The molecule has 1 saturated carbocycles. The van der Waals surface area contributed by atoms with Gasteiger partial charge in [-0.1, -0.05) is 17.7 Å². The third-order valence-electron chi connectivity index (χ3n) is 2.89. The SMILES string of the molecule is Cc1ccc(N)c(CN(C)C2CC2)c1. The molecule has 1 aliphatic rings. The van der Waals surface area contributed by atoms with Crippen LogP contribution in [0, 0.1) is 6.92 Å². The lowest BCUT2D eigenvalue weighted by molar-refractivity contribution is 0.317. The van der Waals surface area contributed by atoms with Crippen LogP contribution in [0.2, 0.25) is 0 Å². The maximum absolute atomic E-state index is 5.93. The molecule has 0 heterocycles. The summed E-state index contributed by atoms with van der Waals surface area (Å²) in [6.45, 7) is 3.10. The van der Waals surface area contributed by atoms with Crippen LogP contribution < -0.4 is 5.73 Å². The number of aryl methyl sites for hydroxylation is 1. The second-order valence-electron chi connectivity index (χ2n) is 4.35. The first-order chi connectivity index (χ1) is 6.66. The highest BCUT2D eigenvalue weighted by Gasteiger charge is 2.26. The van der Waals surface area contributed by atoms with Crippen molar-refractivity contribution < 1.29 is 0 Å². The normalized spacial score (nSPS) is 16.2. The lowest BCUT2D eigenvalue weighted by Gasteiger charge is -2.17. The maximum Gasteiger partial charge on any atom is 0.0359 e. The zero-order valence-electron chi connectivity index (χ0n) is 8.96. The Morgan fingerprint density at radius 2 is 2.14 bits per heavy atom. The highest BCUT2D eigenvalue weighted by atomic mass is 15.1. The van der Waals surface area contributed by atoms with E-state index in [1.807, 2.05) is 6.07 Å². The average Bonchev–Trinajstić information content (AvgIpc) is 2.94. The van der Waals surface area contributed by atoms with Crippen molar-refractivity contribution >= 4 is 5.69 Å². The smallest absolute Gasteiger partial charge is 0.0359 e. The summed E-state index contributed by atoms with van der Waals surface area (Å²) in [6.07, 6.45) is 2.70. The number of hydrogen-bond donors (Lipinski definition) is 1. The molecule has 1 fully saturated rings. The highest BCUT2D eigenvalue weighted by Crippen LogP contribution is 2.27. The minimum Gasteiger partial charge on any atom is -0.398 e. The van der Waals surface area contributed by atoms with Gasteiger partial charge in [0.05, 0.1) is 0 Å². The van der Waals surface area contributed by atoms with E-state index >= 15 is 0 Å². The molecule has 0 atom stereocenters. The predicted molar refractivity (Wildman–Crippen MR) is 60.1 cm³/mol. The molecule has 0 spiro atoms. The molecule has 2 N–H and O–H groups in total. The first-order valence-electron chi connectivity index (χ1n) is 5.22. The van der Waals surface area contributed by atoms with Gasteiger partial charge in [0.1, 0.15) is 0 Å². The van der Waals surface area contributed by atoms with E-state index in [1.165, 1.54) is 24.0 Å². The summed E-state index contributed by atoms with van der Waals surface area (Å²) in [5.41, 5.74) is 9.40. The lowest BCUT2D eigenvalue weighted by atomic mass is 10.1. The van der Waals surface area contributed by atoms with Crippen LogP contribution in [0.1, 0.15) is 24.0 Å². The molecule has 1 aliphatic carbocycles. The Kier molecular flexibility index (Phi) is 2.46. The molecule has 0 saturated heterocycles. The number of nitrogen functional groups attached to an aromatic ring is 1. The summed E-state index contributed by atoms with van der Waals surface area (Å²) in [4.78, 5) is 2.39. The van der Waals surface area contributed by atoms with Gasteiger partial charge in [-0.15, -0.1) is 0 Å². The van der Waals surface area contributed by atoms with E-state index < -0.39 is 0 Å². The molecule has 0 radical (unpaired) electrons. The summed E-state index contributed by atoms with van der Waals surface area (Å²) >= 11 is 0. The number of nitrogens with two attached hydrogens (primary N) is 1. The Labute approximate surface area is 85.7 Å². The van der Waals surface area contributed by atoms with Crippen LogP contribution >= 0.6 is 0 Å². The summed E-state index contributed by atoms with van der Waals surface area (Å²) in [6, 6.07) is 7.06. The number of nitrogens with zero attached hydrogens (tertiary/aromatic N) is 1. The Morgan fingerprint density at radius 1 is 1.43 bits per heavy atom. The molecule has 1 aromatic carbocycles. The van der Waals surface area contributed by atoms with Crippen LogP contribution in [-0.4, -0.2) is 18.0 Å². The highest BCUT2D eigenvalue weighted by molar-refractivity contribution is 5.48. The lowest BCUT2D eigenvalue weighted by Crippen LogP contribution is -2.20. The molecule has 2 nitrogen and oxygen atoms in total. The van der Waals surface area contributed by atoms with Gasteiger partial charge in [0, 0.05) is 18.3 Å². The molecule has 14 heavy (non-hydrogen) atoms. The molecule has 1 aromatic rings. The van der Waals surface area contributed by atoms with Crippen LogP contribution in [0.25, 0.3) is 0 Å². The van der Waals surface area contributed by atoms with Gasteiger partial charge in [-0.3, -0.25) is 4.90 Å². The van der Waals surface area contributed by atoms with Crippen LogP contribution in [0.5, 0.6) is 0 Å². The van der Waals surface area contributed by atoms with E-state index in [2.05, 4.69) is 31.0 Å². The number of hydrogen-bond acceptors (Lipinski definition) is 2. The molecule has 0 aromatic heterocycles. The molecule has 76 valence electrons. The van der Waals surface area contributed by atoms with E-state index in [0.29, 0.717) is 0 Å². The van der Waals surface area contributed by atoms with Gasteiger partial charge in [-0.2, -0.15) is 0 Å². The summed E-state index contributed by atoms with van der Waals surface area (Å²) in [5, 5.41) is 0. The zero-order valence-corrected chi connectivity index (χ0v) is 8.96. The third kappa shape index (κ3) is 2.07. The predicted octanol–water partition coefficient (Wildman–Crippen LogP) is 2.17. The van der Waals surface area contributed by atoms with Gasteiger partial charge >= 0.3 is 0 Å². The zero-order chi connectivity index (χ0) is 10.1. The minimum absolute atomic E-state index is 0.801. The van der Waals surface area contributed by atoms with Gasteiger partial charge in [0.15, 0.2) is 0 Å². The molecule has 0 unspecified atom stereocenters. The molecule has 2 rings (SSSR count). The van der Waals surface area contributed by atoms with Gasteiger partial charge in [-0.05, 0) is 38.4 Å². The molecule has 2 heteroatoms. The van der Waals surface area contributed by atoms with Crippen molar-refractivity contribution in [2.75, 3.05) is 12.8 Å². The Hall–Kier alpha value is -1.02. The van der Waals surface area contributed by atoms with Crippen LogP contribution in [0.4, 0.5) is 5.69 Å². The van der Waals surface area contributed by atoms with E-state index in [1.54, 1.807) is 0 Å². The monoisotopic (exact) mass is 190 g/mol. The average molecular weight is 190 g/mol. The van der Waals surface area contributed by atoms with Crippen molar-refractivity contribution in [1.29, 1.82) is 0 Å². The van der Waals surface area contributed by atoms with Gasteiger partial charge in [0.2, 0.25) is 0 Å².